The highest BCUT2D eigenvalue weighted by Gasteiger charge is 2.29. The summed E-state index contributed by atoms with van der Waals surface area (Å²) < 4.78 is 18.1. The molecular weight excluding hydrogens is 219 g/mol. The van der Waals surface area contributed by atoms with Crippen molar-refractivity contribution in [3.05, 3.63) is 25.3 Å². The van der Waals surface area contributed by atoms with Crippen molar-refractivity contribution >= 4 is 7.37 Å². The van der Waals surface area contributed by atoms with Crippen LogP contribution in [-0.2, 0) is 9.09 Å². The Labute approximate surface area is 99.2 Å². The zero-order valence-electron chi connectivity index (χ0n) is 10.2. The lowest BCUT2D eigenvalue weighted by Crippen LogP contribution is -2.21. The third-order valence-electron chi connectivity index (χ3n) is 2.09. The molecule has 0 unspecified atom stereocenters. The fraction of sp³-hybridized carbons (Fsp3) is 0.538. The van der Waals surface area contributed by atoms with Gasteiger partial charge < -0.3 is 4.52 Å². The second kappa shape index (κ2) is 6.74. The average Bonchev–Trinajstić information content (AvgIpc) is 2.23. The van der Waals surface area contributed by atoms with Crippen molar-refractivity contribution in [2.45, 2.75) is 32.3 Å². The highest BCUT2D eigenvalue weighted by Crippen LogP contribution is 2.51. The van der Waals surface area contributed by atoms with Crippen LogP contribution in [0.4, 0.5) is 0 Å². The van der Waals surface area contributed by atoms with Crippen molar-refractivity contribution in [2.75, 3.05) is 12.3 Å². The van der Waals surface area contributed by atoms with Crippen LogP contribution in [0.5, 0.6) is 0 Å². The molecule has 0 rings (SSSR count). The van der Waals surface area contributed by atoms with Gasteiger partial charge in [-0.1, -0.05) is 18.1 Å². The van der Waals surface area contributed by atoms with E-state index in [9.17, 15) is 4.57 Å². The van der Waals surface area contributed by atoms with E-state index in [1.165, 1.54) is 0 Å². The van der Waals surface area contributed by atoms with Gasteiger partial charge >= 0.3 is 0 Å². The van der Waals surface area contributed by atoms with Gasteiger partial charge in [0.15, 0.2) is 0 Å². The average molecular weight is 240 g/mol. The molecule has 0 radical (unpaired) electrons. The first kappa shape index (κ1) is 15.2. The molecule has 0 heterocycles. The zero-order valence-corrected chi connectivity index (χ0v) is 11.1. The van der Waals surface area contributed by atoms with E-state index >= 15 is 0 Å². The third-order valence-corrected chi connectivity index (χ3v) is 4.76. The van der Waals surface area contributed by atoms with Gasteiger partial charge in [-0.2, -0.15) is 0 Å². The van der Waals surface area contributed by atoms with Crippen LogP contribution in [0.2, 0.25) is 0 Å². The quantitative estimate of drug-likeness (QED) is 0.366. The minimum absolute atomic E-state index is 0.495. The van der Waals surface area contributed by atoms with Gasteiger partial charge in [0.2, 0.25) is 7.37 Å². The summed E-state index contributed by atoms with van der Waals surface area (Å²) in [6, 6.07) is 0. The number of hydrogen-bond acceptors (Lipinski definition) is 2. The highest BCUT2D eigenvalue weighted by atomic mass is 31.2. The molecule has 0 saturated heterocycles. The van der Waals surface area contributed by atoms with E-state index in [1.807, 2.05) is 0 Å². The molecule has 0 aromatic carbocycles. The standard InChI is InChI=1S/C13H21O2P/c1-6-9-11-16(14,12-10-7-2)15-13(4,5)8-3/h3,6-7H,1-2,9-12H2,4-5H3. The Kier molecular flexibility index (Phi) is 6.41. The second-order valence-corrected chi connectivity index (χ2v) is 6.87. The SMILES string of the molecule is C#CC(C)(C)OP(=O)(CCC=C)CCC=C. The summed E-state index contributed by atoms with van der Waals surface area (Å²) in [4.78, 5) is 0. The first-order chi connectivity index (χ1) is 7.39. The summed E-state index contributed by atoms with van der Waals surface area (Å²) >= 11 is 0. The van der Waals surface area contributed by atoms with Crippen LogP contribution in [0, 0.1) is 12.3 Å². The van der Waals surface area contributed by atoms with Crippen molar-refractivity contribution in [3.63, 3.8) is 0 Å². The van der Waals surface area contributed by atoms with Gasteiger partial charge in [0.05, 0.1) is 0 Å². The summed E-state index contributed by atoms with van der Waals surface area (Å²) in [5.74, 6) is 2.50. The van der Waals surface area contributed by atoms with Crippen LogP contribution in [0.25, 0.3) is 0 Å². The van der Waals surface area contributed by atoms with Crippen LogP contribution in [-0.4, -0.2) is 17.9 Å². The van der Waals surface area contributed by atoms with Gasteiger partial charge in [0.25, 0.3) is 0 Å². The molecule has 0 aliphatic heterocycles. The number of rotatable bonds is 8. The van der Waals surface area contributed by atoms with Crippen molar-refractivity contribution in [1.82, 2.24) is 0 Å². The molecule has 0 aromatic rings. The molecule has 0 atom stereocenters. The van der Waals surface area contributed by atoms with Gasteiger partial charge in [0, 0.05) is 12.3 Å². The van der Waals surface area contributed by atoms with Crippen LogP contribution in [0.15, 0.2) is 25.3 Å². The van der Waals surface area contributed by atoms with E-state index in [0.29, 0.717) is 25.2 Å². The monoisotopic (exact) mass is 240 g/mol. The summed E-state index contributed by atoms with van der Waals surface area (Å²) in [5, 5.41) is 0. The lowest BCUT2D eigenvalue weighted by molar-refractivity contribution is 0.176. The molecule has 0 amide bonds. The van der Waals surface area contributed by atoms with Crippen LogP contribution < -0.4 is 0 Å². The van der Waals surface area contributed by atoms with E-state index in [1.54, 1.807) is 26.0 Å². The molecule has 0 bridgehead atoms. The number of hydrogen-bond donors (Lipinski definition) is 0. The maximum absolute atomic E-state index is 12.5. The smallest absolute Gasteiger partial charge is 0.205 e. The number of allylic oxidation sites excluding steroid dienone is 2. The predicted molar refractivity (Wildman–Crippen MR) is 71.0 cm³/mol. The normalized spacial score (nSPS) is 11.8. The molecule has 2 nitrogen and oxygen atoms in total. The first-order valence-corrected chi connectivity index (χ1v) is 7.37. The van der Waals surface area contributed by atoms with Crippen molar-refractivity contribution in [3.8, 4) is 12.3 Å². The Morgan fingerprint density at radius 2 is 1.75 bits per heavy atom. The van der Waals surface area contributed by atoms with Crippen LogP contribution in [0.1, 0.15) is 26.7 Å². The summed E-state index contributed by atoms with van der Waals surface area (Å²) in [5.41, 5.74) is -0.780. The summed E-state index contributed by atoms with van der Waals surface area (Å²) in [7, 11) is -2.68. The molecule has 0 aliphatic rings. The van der Waals surface area contributed by atoms with Gasteiger partial charge in [-0.3, -0.25) is 4.57 Å². The highest BCUT2D eigenvalue weighted by molar-refractivity contribution is 7.59. The largest absolute Gasteiger partial charge is 0.309 e. The molecule has 90 valence electrons. The topological polar surface area (TPSA) is 26.3 Å². The lowest BCUT2D eigenvalue weighted by atomic mass is 10.2. The maximum Gasteiger partial charge on any atom is 0.205 e. The molecule has 0 N–H and O–H groups in total. The van der Waals surface area contributed by atoms with E-state index in [4.69, 9.17) is 10.9 Å². The second-order valence-electron chi connectivity index (χ2n) is 4.16. The number of terminal acetylenes is 1. The third kappa shape index (κ3) is 5.95. The Morgan fingerprint density at radius 1 is 1.31 bits per heavy atom. The minimum Gasteiger partial charge on any atom is -0.309 e. The van der Waals surface area contributed by atoms with E-state index in [2.05, 4.69) is 19.1 Å². The lowest BCUT2D eigenvalue weighted by Gasteiger charge is -2.26. The van der Waals surface area contributed by atoms with Crippen LogP contribution >= 0.6 is 7.37 Å². The predicted octanol–water partition coefficient (Wildman–Crippen LogP) is 3.85. The Hall–Kier alpha value is -0.770. The van der Waals surface area contributed by atoms with Gasteiger partial charge in [-0.15, -0.1) is 19.6 Å². The summed E-state index contributed by atoms with van der Waals surface area (Å²) in [6.07, 6.45) is 11.2. The fourth-order valence-electron chi connectivity index (χ4n) is 1.22. The Morgan fingerprint density at radius 3 is 2.06 bits per heavy atom. The van der Waals surface area contributed by atoms with E-state index in [-0.39, 0.29) is 0 Å². The Bertz CT molecular complexity index is 307. The molecular formula is C13H21O2P. The van der Waals surface area contributed by atoms with Crippen LogP contribution in [0.3, 0.4) is 0 Å². The summed E-state index contributed by atoms with van der Waals surface area (Å²) in [6.45, 7) is 10.7. The van der Waals surface area contributed by atoms with Gasteiger partial charge in [-0.25, -0.2) is 0 Å². The van der Waals surface area contributed by atoms with Gasteiger partial charge in [-0.05, 0) is 26.7 Å². The van der Waals surface area contributed by atoms with E-state index in [0.717, 1.165) is 0 Å². The molecule has 0 saturated carbocycles. The molecule has 0 spiro atoms. The van der Waals surface area contributed by atoms with Gasteiger partial charge in [0.1, 0.15) is 5.60 Å². The molecule has 3 heteroatoms. The van der Waals surface area contributed by atoms with Crippen molar-refractivity contribution in [2.24, 2.45) is 0 Å². The van der Waals surface area contributed by atoms with Crippen molar-refractivity contribution < 1.29 is 9.09 Å². The molecule has 0 aromatic heterocycles. The Balaban J connectivity index is 4.65. The minimum atomic E-state index is -2.68. The molecule has 0 aliphatic carbocycles. The van der Waals surface area contributed by atoms with E-state index < -0.39 is 13.0 Å². The molecule has 16 heavy (non-hydrogen) atoms. The maximum atomic E-state index is 12.5. The molecule has 0 fully saturated rings. The first-order valence-electron chi connectivity index (χ1n) is 5.37. The van der Waals surface area contributed by atoms with Crippen molar-refractivity contribution in [1.29, 1.82) is 0 Å². The fourth-order valence-corrected chi connectivity index (χ4v) is 3.66. The zero-order chi connectivity index (χ0) is 12.7.